The zero-order valence-electron chi connectivity index (χ0n) is 17.9. The van der Waals surface area contributed by atoms with Gasteiger partial charge < -0.3 is 24.1 Å². The van der Waals surface area contributed by atoms with Crippen LogP contribution in [0.1, 0.15) is 42.8 Å². The Kier molecular flexibility index (Phi) is 7.88. The fourth-order valence-corrected chi connectivity index (χ4v) is 5.25. The number of carbonyl (C=O) groups is 1. The molecule has 0 saturated carbocycles. The first-order valence-corrected chi connectivity index (χ1v) is 12.3. The van der Waals surface area contributed by atoms with Gasteiger partial charge in [0.05, 0.1) is 28.1 Å². The summed E-state index contributed by atoms with van der Waals surface area (Å²) in [4.78, 5) is 24.0. The first kappa shape index (κ1) is 24.7. The number of phenolic OH excluding ortho intramolecular Hbond substituents is 1. The van der Waals surface area contributed by atoms with Crippen molar-refractivity contribution >= 4 is 48.8 Å². The number of para-hydroxylation sites is 1. The summed E-state index contributed by atoms with van der Waals surface area (Å²) in [7, 11) is 0. The number of phenols is 1. The third-order valence-corrected chi connectivity index (χ3v) is 6.65. The maximum absolute atomic E-state index is 13.3. The molecule has 1 fully saturated rings. The van der Waals surface area contributed by atoms with Crippen LogP contribution >= 0.6 is 31.9 Å². The van der Waals surface area contributed by atoms with Gasteiger partial charge in [0.25, 0.3) is 0 Å². The van der Waals surface area contributed by atoms with E-state index < -0.39 is 18.4 Å². The monoisotopic (exact) mass is 592 g/mol. The Bertz CT molecular complexity index is 1280. The molecule has 0 radical (unpaired) electrons. The number of hydrogen-bond donors (Lipinski definition) is 2. The highest BCUT2D eigenvalue weighted by Crippen LogP contribution is 2.42. The summed E-state index contributed by atoms with van der Waals surface area (Å²) >= 11 is 6.81. The van der Waals surface area contributed by atoms with Crippen LogP contribution in [0.25, 0.3) is 11.0 Å². The number of aliphatic carboxylic acids is 1. The number of carboxylic acids is 1. The van der Waals surface area contributed by atoms with Crippen molar-refractivity contribution in [2.75, 3.05) is 6.61 Å². The lowest BCUT2D eigenvalue weighted by molar-refractivity contribution is -0.244. The van der Waals surface area contributed by atoms with Crippen LogP contribution in [0.2, 0.25) is 0 Å². The summed E-state index contributed by atoms with van der Waals surface area (Å²) in [6, 6.07) is 10.4. The standard InChI is InChI=1S/C25H22Br2O7/c26-15-10-17-22(31)18(13-32-24(17)19(27)11-15)25-33-12-14(6-2-1-3-9-21(29)30)23(34-25)16-7-4-5-8-20(16)28/h1-2,4-5,7-8,10-11,13-14,23,25,28H,3,6,9,12H2,(H,29,30)/t14-,23+,25+/m1/s1. The molecule has 9 heteroatoms. The number of aromatic hydroxyl groups is 1. The minimum atomic E-state index is -0.977. The van der Waals surface area contributed by atoms with Crippen LogP contribution in [0.5, 0.6) is 5.75 Å². The first-order valence-electron chi connectivity index (χ1n) is 10.7. The van der Waals surface area contributed by atoms with Gasteiger partial charge >= 0.3 is 5.97 Å². The Labute approximate surface area is 212 Å². The van der Waals surface area contributed by atoms with E-state index in [-0.39, 0.29) is 35.7 Å². The summed E-state index contributed by atoms with van der Waals surface area (Å²) in [6.45, 7) is 0.270. The van der Waals surface area contributed by atoms with Gasteiger partial charge in [0.15, 0.2) is 11.9 Å². The van der Waals surface area contributed by atoms with Crippen molar-refractivity contribution in [1.82, 2.24) is 0 Å². The minimum Gasteiger partial charge on any atom is -0.508 e. The molecule has 178 valence electrons. The fraction of sp³-hybridized carbons (Fsp3) is 0.280. The van der Waals surface area contributed by atoms with E-state index in [2.05, 4.69) is 31.9 Å². The second-order valence-electron chi connectivity index (χ2n) is 7.96. The summed E-state index contributed by atoms with van der Waals surface area (Å²) < 4.78 is 19.3. The molecule has 1 aliphatic rings. The van der Waals surface area contributed by atoms with Gasteiger partial charge in [0.1, 0.15) is 12.0 Å². The highest BCUT2D eigenvalue weighted by Gasteiger charge is 2.36. The average molecular weight is 594 g/mol. The number of ether oxygens (including phenoxy) is 2. The van der Waals surface area contributed by atoms with E-state index >= 15 is 0 Å². The normalized spacial score (nSPS) is 20.7. The maximum Gasteiger partial charge on any atom is 0.303 e. The van der Waals surface area contributed by atoms with Crippen molar-refractivity contribution in [3.05, 3.63) is 85.1 Å². The molecule has 0 unspecified atom stereocenters. The lowest BCUT2D eigenvalue weighted by atomic mass is 9.91. The molecule has 2 N–H and O–H groups in total. The van der Waals surface area contributed by atoms with Crippen LogP contribution in [0.3, 0.4) is 0 Å². The second kappa shape index (κ2) is 10.9. The molecule has 4 rings (SSSR count). The molecular weight excluding hydrogens is 572 g/mol. The number of carboxylic acid groups (broad SMARTS) is 1. The quantitative estimate of drug-likeness (QED) is 0.312. The van der Waals surface area contributed by atoms with E-state index in [1.54, 1.807) is 30.3 Å². The van der Waals surface area contributed by atoms with Gasteiger partial charge in [-0.15, -0.1) is 0 Å². The smallest absolute Gasteiger partial charge is 0.303 e. The largest absolute Gasteiger partial charge is 0.508 e. The Morgan fingerprint density at radius 3 is 2.71 bits per heavy atom. The van der Waals surface area contributed by atoms with E-state index in [0.717, 1.165) is 4.47 Å². The van der Waals surface area contributed by atoms with Crippen molar-refractivity contribution in [1.29, 1.82) is 0 Å². The van der Waals surface area contributed by atoms with Crippen molar-refractivity contribution in [3.8, 4) is 5.75 Å². The SMILES string of the molecule is O=C(O)CCC=CC[C@@H]1CO[C@H](c2coc3c(Br)cc(Br)cc3c2=O)O[C@@H]1c1ccccc1O. The summed E-state index contributed by atoms with van der Waals surface area (Å²) in [5, 5.41) is 19.7. The van der Waals surface area contributed by atoms with E-state index in [1.807, 2.05) is 18.2 Å². The predicted octanol–water partition coefficient (Wildman–Crippen LogP) is 6.24. The number of halogens is 2. The van der Waals surface area contributed by atoms with E-state index in [4.69, 9.17) is 19.0 Å². The molecule has 7 nitrogen and oxygen atoms in total. The molecule has 3 atom stereocenters. The third kappa shape index (κ3) is 5.43. The minimum absolute atomic E-state index is 0.0586. The van der Waals surface area contributed by atoms with Crippen LogP contribution in [0.4, 0.5) is 0 Å². The van der Waals surface area contributed by atoms with E-state index in [1.165, 1.54) is 6.26 Å². The van der Waals surface area contributed by atoms with Gasteiger partial charge in [-0.25, -0.2) is 0 Å². The third-order valence-electron chi connectivity index (χ3n) is 5.61. The molecule has 34 heavy (non-hydrogen) atoms. The molecule has 1 aromatic heterocycles. The molecule has 0 spiro atoms. The van der Waals surface area contributed by atoms with Crippen molar-refractivity contribution in [2.24, 2.45) is 5.92 Å². The first-order chi connectivity index (χ1) is 16.3. The Hall–Kier alpha value is -2.46. The summed E-state index contributed by atoms with van der Waals surface area (Å²) in [6.07, 6.45) is 4.58. The molecule has 0 bridgehead atoms. The predicted molar refractivity (Wildman–Crippen MR) is 133 cm³/mol. The number of allylic oxidation sites excluding steroid dienone is 2. The van der Waals surface area contributed by atoms with Crippen LogP contribution < -0.4 is 5.43 Å². The topological polar surface area (TPSA) is 106 Å². The molecule has 0 amide bonds. The Balaban J connectivity index is 1.63. The second-order valence-corrected chi connectivity index (χ2v) is 9.73. The van der Waals surface area contributed by atoms with Crippen LogP contribution in [-0.2, 0) is 14.3 Å². The lowest BCUT2D eigenvalue weighted by Crippen LogP contribution is -2.32. The van der Waals surface area contributed by atoms with Gasteiger partial charge in [-0.05, 0) is 47.0 Å². The average Bonchev–Trinajstić information content (AvgIpc) is 2.80. The van der Waals surface area contributed by atoms with Gasteiger partial charge in [-0.3, -0.25) is 9.59 Å². The van der Waals surface area contributed by atoms with Crippen LogP contribution in [0.15, 0.2) is 73.0 Å². The summed E-state index contributed by atoms with van der Waals surface area (Å²) in [5.41, 5.74) is 0.981. The molecule has 2 aromatic carbocycles. The molecule has 1 aliphatic heterocycles. The molecule has 0 aliphatic carbocycles. The number of rotatable bonds is 7. The van der Waals surface area contributed by atoms with Crippen molar-refractivity contribution < 1.29 is 28.9 Å². The summed E-state index contributed by atoms with van der Waals surface area (Å²) in [5.74, 6) is -0.912. The molecule has 3 aromatic rings. The molecule has 1 saturated heterocycles. The molecular formula is C25H22Br2O7. The Morgan fingerprint density at radius 2 is 1.94 bits per heavy atom. The number of benzene rings is 2. The number of fused-ring (bicyclic) bond motifs is 1. The van der Waals surface area contributed by atoms with Crippen LogP contribution in [-0.4, -0.2) is 22.8 Å². The lowest BCUT2D eigenvalue weighted by Gasteiger charge is -2.36. The Morgan fingerprint density at radius 1 is 1.15 bits per heavy atom. The van der Waals surface area contributed by atoms with E-state index in [0.29, 0.717) is 33.8 Å². The highest BCUT2D eigenvalue weighted by atomic mass is 79.9. The van der Waals surface area contributed by atoms with Gasteiger partial charge in [0, 0.05) is 22.4 Å². The van der Waals surface area contributed by atoms with Gasteiger partial charge in [-0.1, -0.05) is 46.3 Å². The zero-order valence-corrected chi connectivity index (χ0v) is 21.1. The van der Waals surface area contributed by atoms with Gasteiger partial charge in [0.2, 0.25) is 5.43 Å². The van der Waals surface area contributed by atoms with Crippen molar-refractivity contribution in [3.63, 3.8) is 0 Å². The van der Waals surface area contributed by atoms with E-state index in [9.17, 15) is 14.7 Å². The number of hydrogen-bond acceptors (Lipinski definition) is 6. The highest BCUT2D eigenvalue weighted by molar-refractivity contribution is 9.11. The van der Waals surface area contributed by atoms with Gasteiger partial charge in [-0.2, -0.15) is 0 Å². The van der Waals surface area contributed by atoms with Crippen LogP contribution in [0, 0.1) is 5.92 Å². The van der Waals surface area contributed by atoms with Crippen molar-refractivity contribution in [2.45, 2.75) is 31.7 Å². The molecule has 2 heterocycles. The fourth-order valence-electron chi connectivity index (χ4n) is 3.93. The maximum atomic E-state index is 13.3. The zero-order chi connectivity index (χ0) is 24.2.